The van der Waals surface area contributed by atoms with Crippen molar-refractivity contribution in [1.29, 1.82) is 0 Å². The van der Waals surface area contributed by atoms with Crippen LogP contribution in [0.25, 0.3) is 0 Å². The normalized spacial score (nSPS) is 13.3. The lowest BCUT2D eigenvalue weighted by Crippen LogP contribution is -2.07. The predicted molar refractivity (Wildman–Crippen MR) is 69.6 cm³/mol. The van der Waals surface area contributed by atoms with Crippen molar-refractivity contribution in [3.05, 3.63) is 69.7 Å². The average molecular weight is 331 g/mol. The summed E-state index contributed by atoms with van der Waals surface area (Å²) in [7, 11) is 0. The third-order valence-corrected chi connectivity index (χ3v) is 3.19. The van der Waals surface area contributed by atoms with Crippen LogP contribution in [-0.4, -0.2) is 5.11 Å². The van der Waals surface area contributed by atoms with Crippen LogP contribution in [-0.2, 0) is 6.18 Å². The molecule has 0 fully saturated rings. The predicted octanol–water partition coefficient (Wildman–Crippen LogP) is 4.55. The Morgan fingerprint density at radius 3 is 2.11 bits per heavy atom. The molecule has 5 heteroatoms. The maximum atomic E-state index is 12.6. The molecule has 1 nitrogen and oxygen atoms in total. The van der Waals surface area contributed by atoms with E-state index in [1.807, 2.05) is 0 Å². The molecular weight excluding hydrogens is 321 g/mol. The van der Waals surface area contributed by atoms with Gasteiger partial charge in [-0.05, 0) is 35.4 Å². The molecule has 0 bridgehead atoms. The number of alkyl halides is 3. The van der Waals surface area contributed by atoms with Crippen LogP contribution in [0.2, 0.25) is 0 Å². The van der Waals surface area contributed by atoms with E-state index in [2.05, 4.69) is 15.9 Å². The molecule has 0 aliphatic rings. The molecule has 0 amide bonds. The van der Waals surface area contributed by atoms with E-state index >= 15 is 0 Å². The molecule has 0 saturated heterocycles. The van der Waals surface area contributed by atoms with Gasteiger partial charge in [-0.15, -0.1) is 0 Å². The van der Waals surface area contributed by atoms with Gasteiger partial charge in [0, 0.05) is 4.47 Å². The molecule has 0 spiro atoms. The maximum Gasteiger partial charge on any atom is 0.416 e. The average Bonchev–Trinajstić information content (AvgIpc) is 2.37. The summed E-state index contributed by atoms with van der Waals surface area (Å²) in [6, 6.07) is 11.5. The number of halogens is 4. The fraction of sp³-hybridized carbons (Fsp3) is 0.143. The summed E-state index contributed by atoms with van der Waals surface area (Å²) in [5.74, 6) is 0. The zero-order valence-corrected chi connectivity index (χ0v) is 11.2. The lowest BCUT2D eigenvalue weighted by Gasteiger charge is -2.14. The molecule has 1 atom stereocenters. The minimum atomic E-state index is -4.41. The van der Waals surface area contributed by atoms with Gasteiger partial charge in [-0.1, -0.05) is 40.2 Å². The van der Waals surface area contributed by atoms with Crippen LogP contribution in [0.3, 0.4) is 0 Å². The van der Waals surface area contributed by atoms with Crippen LogP contribution in [0.4, 0.5) is 13.2 Å². The van der Waals surface area contributed by atoms with E-state index in [9.17, 15) is 18.3 Å². The van der Waals surface area contributed by atoms with E-state index in [0.29, 0.717) is 5.56 Å². The van der Waals surface area contributed by atoms with Gasteiger partial charge < -0.3 is 5.11 Å². The minimum absolute atomic E-state index is 0.216. The summed E-state index contributed by atoms with van der Waals surface area (Å²) in [5.41, 5.74) is -0.0133. The molecule has 1 N–H and O–H groups in total. The van der Waals surface area contributed by atoms with Crippen molar-refractivity contribution in [2.75, 3.05) is 0 Å². The third-order valence-electron chi connectivity index (χ3n) is 2.69. The molecule has 0 aliphatic heterocycles. The van der Waals surface area contributed by atoms with Gasteiger partial charge in [-0.2, -0.15) is 13.2 Å². The summed E-state index contributed by atoms with van der Waals surface area (Å²) in [6.07, 6.45) is -5.49. The van der Waals surface area contributed by atoms with Crippen LogP contribution in [0.1, 0.15) is 22.8 Å². The minimum Gasteiger partial charge on any atom is -0.384 e. The van der Waals surface area contributed by atoms with Crippen molar-refractivity contribution in [2.24, 2.45) is 0 Å². The first kappa shape index (κ1) is 14.1. The SMILES string of the molecule is OC(c1cccc(Br)c1)c1cccc(C(F)(F)F)c1. The molecule has 19 heavy (non-hydrogen) atoms. The number of hydrogen-bond acceptors (Lipinski definition) is 1. The summed E-state index contributed by atoms with van der Waals surface area (Å²) in [5, 5.41) is 10.1. The quantitative estimate of drug-likeness (QED) is 0.856. The van der Waals surface area contributed by atoms with Gasteiger partial charge in [-0.25, -0.2) is 0 Å². The second kappa shape index (κ2) is 5.35. The Hall–Kier alpha value is -1.33. The second-order valence-electron chi connectivity index (χ2n) is 4.08. The lowest BCUT2D eigenvalue weighted by molar-refractivity contribution is -0.137. The molecular formula is C14H10BrF3O. The molecule has 1 unspecified atom stereocenters. The van der Waals surface area contributed by atoms with Crippen molar-refractivity contribution in [2.45, 2.75) is 12.3 Å². The van der Waals surface area contributed by atoms with E-state index in [0.717, 1.165) is 16.6 Å². The number of benzene rings is 2. The van der Waals surface area contributed by atoms with Gasteiger partial charge in [0.15, 0.2) is 0 Å². The highest BCUT2D eigenvalue weighted by Crippen LogP contribution is 2.32. The van der Waals surface area contributed by atoms with Gasteiger partial charge in [-0.3, -0.25) is 0 Å². The molecule has 0 aliphatic carbocycles. The van der Waals surface area contributed by atoms with Gasteiger partial charge in [0.05, 0.1) is 5.56 Å². The number of rotatable bonds is 2. The zero-order valence-electron chi connectivity index (χ0n) is 9.66. The van der Waals surface area contributed by atoms with Gasteiger partial charge >= 0.3 is 6.18 Å². The van der Waals surface area contributed by atoms with Crippen molar-refractivity contribution < 1.29 is 18.3 Å². The summed E-state index contributed by atoms with van der Waals surface area (Å²) >= 11 is 3.26. The molecule has 0 aromatic heterocycles. The Labute approximate surface area is 116 Å². The van der Waals surface area contributed by atoms with Crippen LogP contribution in [0, 0.1) is 0 Å². The first-order chi connectivity index (χ1) is 8.88. The maximum absolute atomic E-state index is 12.6. The Balaban J connectivity index is 2.37. The Bertz CT molecular complexity index is 581. The van der Waals surface area contributed by atoms with Crippen LogP contribution in [0.5, 0.6) is 0 Å². The van der Waals surface area contributed by atoms with E-state index in [1.165, 1.54) is 12.1 Å². The third kappa shape index (κ3) is 3.36. The van der Waals surface area contributed by atoms with Crippen molar-refractivity contribution >= 4 is 15.9 Å². The smallest absolute Gasteiger partial charge is 0.384 e. The van der Waals surface area contributed by atoms with E-state index < -0.39 is 17.8 Å². The molecule has 0 saturated carbocycles. The highest BCUT2D eigenvalue weighted by molar-refractivity contribution is 9.10. The standard InChI is InChI=1S/C14H10BrF3O/c15-12-6-2-4-10(8-12)13(19)9-3-1-5-11(7-9)14(16,17)18/h1-8,13,19H. The molecule has 100 valence electrons. The lowest BCUT2D eigenvalue weighted by atomic mass is 10.00. The topological polar surface area (TPSA) is 20.2 Å². The first-order valence-electron chi connectivity index (χ1n) is 5.48. The van der Waals surface area contributed by atoms with Crippen LogP contribution in [0.15, 0.2) is 53.0 Å². The van der Waals surface area contributed by atoms with Crippen LogP contribution >= 0.6 is 15.9 Å². The second-order valence-corrected chi connectivity index (χ2v) is 5.00. The Morgan fingerprint density at radius 2 is 1.53 bits per heavy atom. The van der Waals surface area contributed by atoms with E-state index in [-0.39, 0.29) is 5.56 Å². The molecule has 0 heterocycles. The van der Waals surface area contributed by atoms with Gasteiger partial charge in [0.1, 0.15) is 6.10 Å². The molecule has 0 radical (unpaired) electrons. The number of aliphatic hydroxyl groups excluding tert-OH is 1. The molecule has 2 aromatic rings. The van der Waals surface area contributed by atoms with Gasteiger partial charge in [0.25, 0.3) is 0 Å². The summed E-state index contributed by atoms with van der Waals surface area (Å²) in [6.45, 7) is 0. The van der Waals surface area contributed by atoms with E-state index in [1.54, 1.807) is 24.3 Å². The van der Waals surface area contributed by atoms with Gasteiger partial charge in [0.2, 0.25) is 0 Å². The largest absolute Gasteiger partial charge is 0.416 e. The fourth-order valence-electron chi connectivity index (χ4n) is 1.75. The number of hydrogen-bond donors (Lipinski definition) is 1. The Kier molecular flexibility index (Phi) is 3.96. The van der Waals surface area contributed by atoms with Crippen molar-refractivity contribution in [1.82, 2.24) is 0 Å². The highest BCUT2D eigenvalue weighted by Gasteiger charge is 2.30. The van der Waals surface area contributed by atoms with Crippen molar-refractivity contribution in [3.8, 4) is 0 Å². The Morgan fingerprint density at radius 1 is 0.947 bits per heavy atom. The fourth-order valence-corrected chi connectivity index (χ4v) is 2.17. The van der Waals surface area contributed by atoms with Crippen LogP contribution < -0.4 is 0 Å². The monoisotopic (exact) mass is 330 g/mol. The zero-order chi connectivity index (χ0) is 14.0. The molecule has 2 rings (SSSR count). The van der Waals surface area contributed by atoms with Crippen molar-refractivity contribution in [3.63, 3.8) is 0 Å². The summed E-state index contributed by atoms with van der Waals surface area (Å²) < 4.78 is 38.6. The summed E-state index contributed by atoms with van der Waals surface area (Å²) in [4.78, 5) is 0. The van der Waals surface area contributed by atoms with E-state index in [4.69, 9.17) is 0 Å². The number of aliphatic hydroxyl groups is 1. The first-order valence-corrected chi connectivity index (χ1v) is 6.28. The highest BCUT2D eigenvalue weighted by atomic mass is 79.9. The molecule has 2 aromatic carbocycles.